The quantitative estimate of drug-likeness (QED) is 0.556. The van der Waals surface area contributed by atoms with E-state index in [1.54, 1.807) is 12.1 Å². The lowest BCUT2D eigenvalue weighted by Crippen LogP contribution is -2.50. The molecule has 5 rings (SSSR count). The molecule has 0 saturated carbocycles. The van der Waals surface area contributed by atoms with Crippen molar-refractivity contribution in [2.45, 2.75) is 32.4 Å². The summed E-state index contributed by atoms with van der Waals surface area (Å²) in [5, 5.41) is 4.64. The maximum absolute atomic E-state index is 13.0. The maximum Gasteiger partial charge on any atom is 0.317 e. The number of carbonyl (C=O) groups excluding carboxylic acids is 1. The highest BCUT2D eigenvalue weighted by molar-refractivity contribution is 6.42. The van der Waals surface area contributed by atoms with Crippen molar-refractivity contribution in [1.82, 2.24) is 25.1 Å². The summed E-state index contributed by atoms with van der Waals surface area (Å²) in [5.41, 5.74) is 1.69. The Kier molecular flexibility index (Phi) is 6.51. The van der Waals surface area contributed by atoms with Crippen LogP contribution in [0.15, 0.2) is 47.3 Å². The molecule has 178 valence electrons. The first kappa shape index (κ1) is 23.1. The van der Waals surface area contributed by atoms with Crippen molar-refractivity contribution < 1.29 is 4.79 Å². The van der Waals surface area contributed by atoms with Gasteiger partial charge in [0.15, 0.2) is 0 Å². The van der Waals surface area contributed by atoms with Crippen molar-refractivity contribution >= 4 is 40.1 Å². The molecule has 0 bridgehead atoms. The van der Waals surface area contributed by atoms with E-state index < -0.39 is 0 Å². The van der Waals surface area contributed by atoms with Gasteiger partial charge < -0.3 is 15.2 Å². The number of hydrogen-bond acceptors (Lipinski definition) is 4. The SMILES string of the molecule is O=C(NCc1nc2ccccc2c(=O)[nH]1)N1CCCC2(CCN(Cc3ccc(Cl)c(Cl)c3)C2)C1. The molecule has 0 aliphatic carbocycles. The smallest absolute Gasteiger partial charge is 0.317 e. The molecule has 2 aliphatic rings. The second-order valence-electron chi connectivity index (χ2n) is 9.42. The summed E-state index contributed by atoms with van der Waals surface area (Å²) in [6.07, 6.45) is 3.17. The van der Waals surface area contributed by atoms with Crippen molar-refractivity contribution in [3.8, 4) is 0 Å². The molecule has 2 fully saturated rings. The molecule has 1 aromatic heterocycles. The first-order chi connectivity index (χ1) is 16.4. The van der Waals surface area contributed by atoms with Crippen LogP contribution in [0.3, 0.4) is 0 Å². The van der Waals surface area contributed by atoms with Gasteiger partial charge in [0.25, 0.3) is 5.56 Å². The lowest BCUT2D eigenvalue weighted by Gasteiger charge is -2.40. The number of carbonyl (C=O) groups is 1. The molecule has 7 nitrogen and oxygen atoms in total. The Hall–Kier alpha value is -2.61. The van der Waals surface area contributed by atoms with Gasteiger partial charge in [-0.3, -0.25) is 9.69 Å². The fraction of sp³-hybridized carbons (Fsp3) is 0.400. The highest BCUT2D eigenvalue weighted by Gasteiger charge is 2.42. The number of nitrogens with zero attached hydrogens (tertiary/aromatic N) is 3. The van der Waals surface area contributed by atoms with Gasteiger partial charge in [-0.05, 0) is 55.6 Å². The van der Waals surface area contributed by atoms with E-state index in [-0.39, 0.29) is 23.6 Å². The molecule has 3 aromatic rings. The van der Waals surface area contributed by atoms with Gasteiger partial charge in [-0.25, -0.2) is 9.78 Å². The van der Waals surface area contributed by atoms with Crippen LogP contribution in [-0.2, 0) is 13.1 Å². The zero-order valence-electron chi connectivity index (χ0n) is 18.8. The second-order valence-corrected chi connectivity index (χ2v) is 10.2. The summed E-state index contributed by atoms with van der Waals surface area (Å²) in [7, 11) is 0. The predicted octanol–water partition coefficient (Wildman–Crippen LogP) is 4.43. The molecule has 0 radical (unpaired) electrons. The predicted molar refractivity (Wildman–Crippen MR) is 134 cm³/mol. The fourth-order valence-electron chi connectivity index (χ4n) is 5.26. The normalized spacial score (nSPS) is 20.8. The van der Waals surface area contributed by atoms with Gasteiger partial charge >= 0.3 is 6.03 Å². The van der Waals surface area contributed by atoms with Gasteiger partial charge in [0, 0.05) is 31.6 Å². The number of aromatic nitrogens is 2. The first-order valence-electron chi connectivity index (χ1n) is 11.6. The molecule has 2 amide bonds. The van der Waals surface area contributed by atoms with E-state index in [4.69, 9.17) is 23.2 Å². The van der Waals surface area contributed by atoms with Crippen LogP contribution in [0, 0.1) is 5.41 Å². The van der Waals surface area contributed by atoms with E-state index in [1.165, 1.54) is 0 Å². The number of piperidine rings is 1. The summed E-state index contributed by atoms with van der Waals surface area (Å²) in [6.45, 7) is 4.44. The Balaban J connectivity index is 1.19. The van der Waals surface area contributed by atoms with Crippen molar-refractivity contribution in [2.24, 2.45) is 5.41 Å². The van der Waals surface area contributed by atoms with E-state index in [0.29, 0.717) is 26.8 Å². The van der Waals surface area contributed by atoms with Gasteiger partial charge in [0.1, 0.15) is 5.82 Å². The van der Waals surface area contributed by atoms with Crippen LogP contribution in [-0.4, -0.2) is 52.0 Å². The van der Waals surface area contributed by atoms with Crippen molar-refractivity contribution in [3.63, 3.8) is 0 Å². The number of benzene rings is 2. The monoisotopic (exact) mass is 499 g/mol. The maximum atomic E-state index is 13.0. The topological polar surface area (TPSA) is 81.3 Å². The van der Waals surface area contributed by atoms with Crippen LogP contribution < -0.4 is 10.9 Å². The minimum absolute atomic E-state index is 0.112. The van der Waals surface area contributed by atoms with Crippen LogP contribution in [0.4, 0.5) is 4.79 Å². The van der Waals surface area contributed by atoms with Crippen LogP contribution >= 0.6 is 23.2 Å². The molecule has 2 aliphatic heterocycles. The number of amides is 2. The van der Waals surface area contributed by atoms with Crippen LogP contribution in [0.2, 0.25) is 10.0 Å². The third kappa shape index (κ3) is 4.92. The van der Waals surface area contributed by atoms with Gasteiger partial charge in [0.2, 0.25) is 0 Å². The molecular weight excluding hydrogens is 473 g/mol. The second kappa shape index (κ2) is 9.56. The largest absolute Gasteiger partial charge is 0.331 e. The molecular formula is C25H27Cl2N5O2. The average Bonchev–Trinajstić information content (AvgIpc) is 3.21. The molecule has 1 spiro atoms. The lowest BCUT2D eigenvalue weighted by atomic mass is 9.79. The summed E-state index contributed by atoms with van der Waals surface area (Å²) in [4.78, 5) is 36.8. The van der Waals surface area contributed by atoms with E-state index in [0.717, 1.165) is 57.5 Å². The standard InChI is InChI=1S/C25H27Cl2N5O2/c26-19-7-6-17(12-20(19)27)14-31-11-9-25(15-31)8-3-10-32(16-25)24(34)28-13-22-29-21-5-2-1-4-18(21)23(33)30-22/h1-2,4-7,12H,3,8-11,13-16H2,(H,28,34)(H,29,30,33). The van der Waals surface area contributed by atoms with Crippen molar-refractivity contribution in [3.05, 3.63) is 74.3 Å². The summed E-state index contributed by atoms with van der Waals surface area (Å²) in [5.74, 6) is 0.456. The first-order valence-corrected chi connectivity index (χ1v) is 12.3. The van der Waals surface area contributed by atoms with Crippen LogP contribution in [0.25, 0.3) is 10.9 Å². The number of urea groups is 1. The Bertz CT molecular complexity index is 1280. The molecule has 2 N–H and O–H groups in total. The van der Waals surface area contributed by atoms with Crippen molar-refractivity contribution in [1.29, 1.82) is 0 Å². The van der Waals surface area contributed by atoms with E-state index in [1.807, 2.05) is 35.2 Å². The Labute approximate surface area is 208 Å². The van der Waals surface area contributed by atoms with E-state index in [2.05, 4.69) is 20.2 Å². The Morgan fingerprint density at radius 1 is 1.09 bits per heavy atom. The molecule has 3 heterocycles. The molecule has 1 atom stereocenters. The third-order valence-corrected chi connectivity index (χ3v) is 7.66. The van der Waals surface area contributed by atoms with Gasteiger partial charge in [0.05, 0.1) is 27.5 Å². The number of H-pyrrole nitrogens is 1. The van der Waals surface area contributed by atoms with Gasteiger partial charge in [-0.15, -0.1) is 0 Å². The number of hydrogen-bond donors (Lipinski definition) is 2. The molecule has 1 unspecified atom stereocenters. The highest BCUT2D eigenvalue weighted by atomic mass is 35.5. The summed E-state index contributed by atoms with van der Waals surface area (Å²) < 4.78 is 0. The third-order valence-electron chi connectivity index (χ3n) is 6.93. The number of fused-ring (bicyclic) bond motifs is 1. The van der Waals surface area contributed by atoms with Gasteiger partial charge in [-0.1, -0.05) is 41.4 Å². The summed E-state index contributed by atoms with van der Waals surface area (Å²) in [6, 6.07) is 12.9. The fourth-order valence-corrected chi connectivity index (χ4v) is 5.58. The molecule has 2 aromatic carbocycles. The molecule has 2 saturated heterocycles. The number of rotatable bonds is 4. The lowest BCUT2D eigenvalue weighted by molar-refractivity contribution is 0.107. The minimum Gasteiger partial charge on any atom is -0.331 e. The summed E-state index contributed by atoms with van der Waals surface area (Å²) >= 11 is 12.2. The Morgan fingerprint density at radius 2 is 1.94 bits per heavy atom. The minimum atomic E-state index is -0.195. The number of aromatic amines is 1. The number of halogens is 2. The number of para-hydroxylation sites is 1. The number of nitrogens with one attached hydrogen (secondary N) is 2. The zero-order chi connectivity index (χ0) is 23.7. The van der Waals surface area contributed by atoms with Crippen molar-refractivity contribution in [2.75, 3.05) is 26.2 Å². The van der Waals surface area contributed by atoms with Gasteiger partial charge in [-0.2, -0.15) is 0 Å². The zero-order valence-corrected chi connectivity index (χ0v) is 20.3. The molecule has 34 heavy (non-hydrogen) atoms. The number of likely N-dealkylation sites (tertiary alicyclic amines) is 2. The average molecular weight is 500 g/mol. The van der Waals surface area contributed by atoms with Crippen LogP contribution in [0.1, 0.15) is 30.7 Å². The van der Waals surface area contributed by atoms with E-state index >= 15 is 0 Å². The van der Waals surface area contributed by atoms with Crippen LogP contribution in [0.5, 0.6) is 0 Å². The Morgan fingerprint density at radius 3 is 2.79 bits per heavy atom. The highest BCUT2D eigenvalue weighted by Crippen LogP contribution is 2.39. The molecule has 9 heteroatoms. The van der Waals surface area contributed by atoms with E-state index in [9.17, 15) is 9.59 Å².